The largest absolute Gasteiger partial charge is 0.478 e. The van der Waals surface area contributed by atoms with Gasteiger partial charge in [-0.05, 0) is 61.8 Å². The first-order chi connectivity index (χ1) is 15.2. The number of nitrogens with zero attached hydrogens (tertiary/aromatic N) is 3. The van der Waals surface area contributed by atoms with Gasteiger partial charge in [-0.2, -0.15) is 0 Å². The van der Waals surface area contributed by atoms with Gasteiger partial charge in [-0.1, -0.05) is 18.6 Å². The van der Waals surface area contributed by atoms with Crippen LogP contribution in [0.25, 0.3) is 11.0 Å². The van der Waals surface area contributed by atoms with Crippen LogP contribution in [0.15, 0.2) is 71.8 Å². The summed E-state index contributed by atoms with van der Waals surface area (Å²) < 4.78 is 7.42. The molecule has 5 rings (SSSR count). The quantitative estimate of drug-likeness (QED) is 0.482. The van der Waals surface area contributed by atoms with E-state index in [0.29, 0.717) is 12.1 Å². The zero-order valence-electron chi connectivity index (χ0n) is 17.3. The molecule has 0 saturated carbocycles. The van der Waals surface area contributed by atoms with Crippen molar-refractivity contribution in [1.29, 1.82) is 0 Å². The van der Waals surface area contributed by atoms with Gasteiger partial charge in [-0.25, -0.2) is 9.78 Å². The van der Waals surface area contributed by atoms with Gasteiger partial charge in [0, 0.05) is 28.9 Å². The second-order valence-corrected chi connectivity index (χ2v) is 8.15. The van der Waals surface area contributed by atoms with Gasteiger partial charge >= 0.3 is 5.97 Å². The molecular formula is C25H25N3O3. The summed E-state index contributed by atoms with van der Waals surface area (Å²) >= 11 is 0. The highest BCUT2D eigenvalue weighted by Gasteiger charge is 2.28. The zero-order chi connectivity index (χ0) is 21.2. The Labute approximate surface area is 180 Å². The van der Waals surface area contributed by atoms with Gasteiger partial charge in [-0.3, -0.25) is 4.90 Å². The number of carboxylic acids is 1. The summed E-state index contributed by atoms with van der Waals surface area (Å²) in [6.07, 6.45) is 11.0. The molecule has 0 amide bonds. The van der Waals surface area contributed by atoms with Crippen LogP contribution in [0.4, 0.5) is 0 Å². The predicted octanol–water partition coefficient (Wildman–Crippen LogP) is 4.95. The van der Waals surface area contributed by atoms with Gasteiger partial charge in [0.05, 0.1) is 30.7 Å². The molecule has 3 aromatic heterocycles. The molecule has 1 unspecified atom stereocenters. The maximum Gasteiger partial charge on any atom is 0.335 e. The van der Waals surface area contributed by atoms with Crippen LogP contribution in [0.2, 0.25) is 0 Å². The molecule has 1 saturated heterocycles. The van der Waals surface area contributed by atoms with Crippen LogP contribution < -0.4 is 0 Å². The molecule has 158 valence electrons. The molecule has 1 atom stereocenters. The van der Waals surface area contributed by atoms with E-state index in [9.17, 15) is 9.90 Å². The number of hydrogen-bond acceptors (Lipinski definition) is 4. The molecule has 0 bridgehead atoms. The number of carbonyl (C=O) groups is 1. The minimum Gasteiger partial charge on any atom is -0.478 e. The van der Waals surface area contributed by atoms with Crippen LogP contribution in [-0.4, -0.2) is 38.6 Å². The first-order valence-corrected chi connectivity index (χ1v) is 10.7. The van der Waals surface area contributed by atoms with Crippen LogP contribution >= 0.6 is 0 Å². The van der Waals surface area contributed by atoms with Gasteiger partial charge in [0.25, 0.3) is 0 Å². The van der Waals surface area contributed by atoms with Crippen LogP contribution in [0.1, 0.15) is 52.4 Å². The Morgan fingerprint density at radius 1 is 1.13 bits per heavy atom. The minimum atomic E-state index is -0.900. The summed E-state index contributed by atoms with van der Waals surface area (Å²) in [5.74, 6) is -0.900. The lowest BCUT2D eigenvalue weighted by Crippen LogP contribution is -2.34. The van der Waals surface area contributed by atoms with Crippen molar-refractivity contribution in [2.24, 2.45) is 0 Å². The summed E-state index contributed by atoms with van der Waals surface area (Å²) in [5.41, 5.74) is 4.50. The summed E-state index contributed by atoms with van der Waals surface area (Å²) in [6, 6.07) is 13.4. The topological polar surface area (TPSA) is 71.5 Å². The number of aromatic nitrogens is 2. The van der Waals surface area contributed by atoms with Crippen molar-refractivity contribution in [1.82, 2.24) is 14.5 Å². The number of rotatable bonds is 6. The molecule has 0 spiro atoms. The molecule has 1 aliphatic heterocycles. The fourth-order valence-corrected chi connectivity index (χ4v) is 4.67. The number of piperidine rings is 1. The Kier molecular flexibility index (Phi) is 5.30. The molecule has 1 aromatic carbocycles. The lowest BCUT2D eigenvalue weighted by Gasteiger charge is -2.35. The average Bonchev–Trinajstić information content (AvgIpc) is 3.44. The van der Waals surface area contributed by atoms with Crippen molar-refractivity contribution in [2.45, 2.75) is 31.8 Å². The van der Waals surface area contributed by atoms with Crippen molar-refractivity contribution in [3.8, 4) is 0 Å². The highest BCUT2D eigenvalue weighted by Crippen LogP contribution is 2.36. The number of aromatic carboxylic acids is 1. The van der Waals surface area contributed by atoms with Crippen LogP contribution in [-0.2, 0) is 6.54 Å². The van der Waals surface area contributed by atoms with Crippen LogP contribution in [0.3, 0.4) is 0 Å². The average molecular weight is 415 g/mol. The van der Waals surface area contributed by atoms with Crippen molar-refractivity contribution in [3.05, 3.63) is 89.6 Å². The highest BCUT2D eigenvalue weighted by atomic mass is 16.4. The molecule has 0 radical (unpaired) electrons. The number of pyridine rings is 1. The molecule has 6 heteroatoms. The number of likely N-dealkylation sites (tertiary alicyclic amines) is 1. The first-order valence-electron chi connectivity index (χ1n) is 10.7. The zero-order valence-corrected chi connectivity index (χ0v) is 17.3. The molecule has 4 heterocycles. The van der Waals surface area contributed by atoms with Gasteiger partial charge in [-0.15, -0.1) is 0 Å². The van der Waals surface area contributed by atoms with E-state index in [1.165, 1.54) is 6.42 Å². The number of furan rings is 1. The maximum atomic E-state index is 11.6. The van der Waals surface area contributed by atoms with Gasteiger partial charge in [0.15, 0.2) is 0 Å². The first kappa shape index (κ1) is 19.6. The van der Waals surface area contributed by atoms with Crippen molar-refractivity contribution < 1.29 is 14.3 Å². The second kappa shape index (κ2) is 8.40. The Balaban J connectivity index is 1.65. The minimum absolute atomic E-state index is 0.0168. The van der Waals surface area contributed by atoms with E-state index in [-0.39, 0.29) is 6.04 Å². The molecular weight excluding hydrogens is 390 g/mol. The highest BCUT2D eigenvalue weighted by molar-refractivity contribution is 5.88. The fourth-order valence-electron chi connectivity index (χ4n) is 4.67. The van der Waals surface area contributed by atoms with E-state index in [1.54, 1.807) is 18.6 Å². The van der Waals surface area contributed by atoms with E-state index in [0.717, 1.165) is 53.7 Å². The molecule has 1 fully saturated rings. The van der Waals surface area contributed by atoms with Crippen molar-refractivity contribution in [3.63, 3.8) is 0 Å². The van der Waals surface area contributed by atoms with E-state index >= 15 is 0 Å². The number of hydrogen-bond donors (Lipinski definition) is 1. The fraction of sp³-hybridized carbons (Fsp3) is 0.280. The van der Waals surface area contributed by atoms with Crippen molar-refractivity contribution in [2.75, 3.05) is 13.1 Å². The standard InChI is InChI=1S/C25H25N3O3/c29-25(30)20-7-4-6-19(14-20)23(27-11-2-1-3-12-27)22-16-28(15-18-9-13-31-17-18)24-21(22)8-5-10-26-24/h4-10,13-14,16-17,23H,1-3,11-12,15H2,(H,29,30). The van der Waals surface area contributed by atoms with Crippen LogP contribution in [0, 0.1) is 0 Å². The van der Waals surface area contributed by atoms with E-state index < -0.39 is 5.97 Å². The Hall–Kier alpha value is -3.38. The Bertz CT molecular complexity index is 1190. The third kappa shape index (κ3) is 3.86. The SMILES string of the molecule is O=C(O)c1cccc(C(c2cn(Cc3ccoc3)c3ncccc23)N2CCCCC2)c1. The van der Waals surface area contributed by atoms with E-state index in [4.69, 9.17) is 4.42 Å². The van der Waals surface area contributed by atoms with Crippen LogP contribution in [0.5, 0.6) is 0 Å². The normalized spacial score (nSPS) is 15.9. The molecule has 1 aliphatic rings. The number of fused-ring (bicyclic) bond motifs is 1. The molecule has 1 N–H and O–H groups in total. The van der Waals surface area contributed by atoms with E-state index in [2.05, 4.69) is 26.7 Å². The van der Waals surface area contributed by atoms with Crippen molar-refractivity contribution >= 4 is 17.0 Å². The number of carboxylic acid groups (broad SMARTS) is 1. The monoisotopic (exact) mass is 415 g/mol. The summed E-state index contributed by atoms with van der Waals surface area (Å²) in [4.78, 5) is 18.8. The smallest absolute Gasteiger partial charge is 0.335 e. The Morgan fingerprint density at radius 2 is 2.00 bits per heavy atom. The number of benzene rings is 1. The molecule has 0 aliphatic carbocycles. The second-order valence-electron chi connectivity index (χ2n) is 8.15. The lowest BCUT2D eigenvalue weighted by molar-refractivity contribution is 0.0696. The summed E-state index contributed by atoms with van der Waals surface area (Å²) in [6.45, 7) is 2.67. The third-order valence-corrected chi connectivity index (χ3v) is 6.10. The molecule has 6 nitrogen and oxygen atoms in total. The predicted molar refractivity (Wildman–Crippen MR) is 118 cm³/mol. The third-order valence-electron chi connectivity index (χ3n) is 6.10. The Morgan fingerprint density at radius 3 is 2.77 bits per heavy atom. The summed E-state index contributed by atoms with van der Waals surface area (Å²) in [7, 11) is 0. The molecule has 4 aromatic rings. The lowest BCUT2D eigenvalue weighted by atomic mass is 9.94. The van der Waals surface area contributed by atoms with Gasteiger partial charge < -0.3 is 14.1 Å². The van der Waals surface area contributed by atoms with Gasteiger partial charge in [0.1, 0.15) is 5.65 Å². The van der Waals surface area contributed by atoms with E-state index in [1.807, 2.05) is 36.5 Å². The maximum absolute atomic E-state index is 11.6. The van der Waals surface area contributed by atoms with Gasteiger partial charge in [0.2, 0.25) is 0 Å². The summed E-state index contributed by atoms with van der Waals surface area (Å²) in [5, 5.41) is 10.7. The molecule has 31 heavy (non-hydrogen) atoms.